The Labute approximate surface area is 173 Å². The van der Waals surface area contributed by atoms with Crippen molar-refractivity contribution < 1.29 is 18.6 Å². The summed E-state index contributed by atoms with van der Waals surface area (Å²) in [5.74, 6) is 1.07. The third kappa shape index (κ3) is 6.70. The zero-order valence-electron chi connectivity index (χ0n) is 18.5. The molecule has 5 heteroatoms. The van der Waals surface area contributed by atoms with Gasteiger partial charge in [0.2, 0.25) is 5.75 Å². The lowest BCUT2D eigenvalue weighted by Crippen LogP contribution is -2.22. The lowest BCUT2D eigenvalue weighted by atomic mass is 10.1. The molecule has 2 aromatic rings. The Hall–Kier alpha value is -2.69. The topological polar surface area (TPSA) is 57.9 Å². The van der Waals surface area contributed by atoms with Crippen LogP contribution in [0.1, 0.15) is 54.4 Å². The second-order valence-corrected chi connectivity index (χ2v) is 8.31. The van der Waals surface area contributed by atoms with E-state index in [2.05, 4.69) is 26.8 Å². The zero-order valence-corrected chi connectivity index (χ0v) is 18.5. The Morgan fingerprint density at radius 2 is 1.83 bits per heavy atom. The summed E-state index contributed by atoms with van der Waals surface area (Å²) < 4.78 is 22.5. The van der Waals surface area contributed by atoms with Crippen LogP contribution in [0.5, 0.6) is 17.2 Å². The van der Waals surface area contributed by atoms with Gasteiger partial charge in [0.15, 0.2) is 5.75 Å². The van der Waals surface area contributed by atoms with Crippen LogP contribution in [0, 0.1) is 0 Å². The number of ether oxygens (including phenoxy) is 3. The molecular formula is C24H32O5. The summed E-state index contributed by atoms with van der Waals surface area (Å²) in [6.07, 6.45) is 6.12. The Bertz CT molecular complexity index is 954. The molecule has 0 radical (unpaired) electrons. The van der Waals surface area contributed by atoms with Gasteiger partial charge in [-0.05, 0) is 72.6 Å². The van der Waals surface area contributed by atoms with E-state index in [0.29, 0.717) is 22.5 Å². The predicted octanol–water partition coefficient (Wildman–Crippen LogP) is 6.05. The lowest BCUT2D eigenvalue weighted by molar-refractivity contribution is 0.131. The number of benzene rings is 1. The predicted molar refractivity (Wildman–Crippen MR) is 117 cm³/mol. The van der Waals surface area contributed by atoms with E-state index in [4.69, 9.17) is 18.6 Å². The van der Waals surface area contributed by atoms with Crippen molar-refractivity contribution in [2.24, 2.45) is 0 Å². The van der Waals surface area contributed by atoms with Gasteiger partial charge in [0, 0.05) is 6.07 Å². The minimum absolute atomic E-state index is 0.0813. The number of methoxy groups -OCH3 is 1. The van der Waals surface area contributed by atoms with Crippen molar-refractivity contribution in [3.8, 4) is 17.2 Å². The second-order valence-electron chi connectivity index (χ2n) is 8.31. The van der Waals surface area contributed by atoms with Crippen molar-refractivity contribution in [2.75, 3.05) is 13.7 Å². The average molecular weight is 401 g/mol. The summed E-state index contributed by atoms with van der Waals surface area (Å²) in [5, 5.41) is 0.660. The summed E-state index contributed by atoms with van der Waals surface area (Å²) in [6, 6.07) is 5.33. The third-order valence-electron chi connectivity index (χ3n) is 4.17. The van der Waals surface area contributed by atoms with Crippen LogP contribution >= 0.6 is 0 Å². The van der Waals surface area contributed by atoms with E-state index in [0.717, 1.165) is 12.8 Å². The highest BCUT2D eigenvalue weighted by atomic mass is 16.5. The van der Waals surface area contributed by atoms with Gasteiger partial charge in [0.25, 0.3) is 0 Å². The van der Waals surface area contributed by atoms with Crippen LogP contribution in [0.4, 0.5) is 0 Å². The molecule has 0 saturated carbocycles. The van der Waals surface area contributed by atoms with Crippen molar-refractivity contribution in [3.05, 3.63) is 51.9 Å². The summed E-state index contributed by atoms with van der Waals surface area (Å²) >= 11 is 0. The molecule has 0 unspecified atom stereocenters. The Morgan fingerprint density at radius 1 is 1.10 bits per heavy atom. The second kappa shape index (κ2) is 9.68. The molecule has 1 aromatic heterocycles. The zero-order chi connectivity index (χ0) is 21.6. The quantitative estimate of drug-likeness (QED) is 0.399. The van der Waals surface area contributed by atoms with Crippen LogP contribution in [-0.2, 0) is 0 Å². The fraction of sp³-hybridized carbons (Fsp3) is 0.458. The van der Waals surface area contributed by atoms with E-state index in [1.54, 1.807) is 6.07 Å². The first kappa shape index (κ1) is 22.6. The van der Waals surface area contributed by atoms with Crippen molar-refractivity contribution >= 4 is 11.0 Å². The maximum atomic E-state index is 12.5. The number of hydrogen-bond acceptors (Lipinski definition) is 5. The van der Waals surface area contributed by atoms with Gasteiger partial charge in [-0.2, -0.15) is 0 Å². The number of fused-ring (bicyclic) bond motifs is 1. The van der Waals surface area contributed by atoms with Crippen LogP contribution < -0.4 is 19.8 Å². The molecule has 158 valence electrons. The van der Waals surface area contributed by atoms with E-state index in [9.17, 15) is 4.79 Å². The molecule has 0 atom stereocenters. The van der Waals surface area contributed by atoms with E-state index in [1.165, 1.54) is 18.3 Å². The first-order valence-corrected chi connectivity index (χ1v) is 9.86. The maximum absolute atomic E-state index is 12.5. The van der Waals surface area contributed by atoms with Gasteiger partial charge in [-0.1, -0.05) is 17.2 Å². The highest BCUT2D eigenvalue weighted by Gasteiger charge is 2.19. The first-order chi connectivity index (χ1) is 13.6. The van der Waals surface area contributed by atoms with Gasteiger partial charge >= 0.3 is 5.63 Å². The Morgan fingerprint density at radius 3 is 2.45 bits per heavy atom. The SMILES string of the molecule is COc1c(OCC=C(C)CCC=C(C)C)c(=O)oc2cc(OC(C)(C)C)ccc12. The van der Waals surface area contributed by atoms with Gasteiger partial charge in [-0.3, -0.25) is 0 Å². The number of hydrogen-bond donors (Lipinski definition) is 0. The first-order valence-electron chi connectivity index (χ1n) is 9.86. The van der Waals surface area contributed by atoms with E-state index >= 15 is 0 Å². The van der Waals surface area contributed by atoms with Gasteiger partial charge in [0.05, 0.1) is 12.5 Å². The van der Waals surface area contributed by atoms with Crippen molar-refractivity contribution in [3.63, 3.8) is 0 Å². The minimum atomic E-state index is -0.571. The molecule has 0 fully saturated rings. The fourth-order valence-corrected chi connectivity index (χ4v) is 2.84. The molecule has 0 aliphatic rings. The molecule has 0 N–H and O–H groups in total. The van der Waals surface area contributed by atoms with Crippen LogP contribution in [0.15, 0.2) is 50.7 Å². The minimum Gasteiger partial charge on any atom is -0.492 e. The normalized spacial score (nSPS) is 12.0. The summed E-state index contributed by atoms with van der Waals surface area (Å²) in [4.78, 5) is 12.5. The van der Waals surface area contributed by atoms with Gasteiger partial charge in [-0.25, -0.2) is 4.79 Å². The number of rotatable bonds is 8. The molecule has 1 heterocycles. The lowest BCUT2D eigenvalue weighted by Gasteiger charge is -2.21. The molecule has 0 amide bonds. The average Bonchev–Trinajstić information content (AvgIpc) is 2.60. The van der Waals surface area contributed by atoms with Crippen molar-refractivity contribution in [2.45, 2.75) is 60.0 Å². The van der Waals surface area contributed by atoms with Gasteiger partial charge in [-0.15, -0.1) is 0 Å². The van der Waals surface area contributed by atoms with Crippen LogP contribution in [-0.4, -0.2) is 19.3 Å². The smallest absolute Gasteiger partial charge is 0.383 e. The highest BCUT2D eigenvalue weighted by Crippen LogP contribution is 2.34. The van der Waals surface area contributed by atoms with Crippen LogP contribution in [0.3, 0.4) is 0 Å². The summed E-state index contributed by atoms with van der Waals surface area (Å²) in [6.45, 7) is 12.4. The largest absolute Gasteiger partial charge is 0.492 e. The molecule has 5 nitrogen and oxygen atoms in total. The molecule has 2 rings (SSSR count). The molecule has 0 aliphatic heterocycles. The van der Waals surface area contributed by atoms with E-state index in [-0.39, 0.29) is 18.0 Å². The molecule has 0 bridgehead atoms. The highest BCUT2D eigenvalue weighted by molar-refractivity contribution is 5.86. The summed E-state index contributed by atoms with van der Waals surface area (Å²) in [5.41, 5.74) is 1.99. The molecule has 0 spiro atoms. The van der Waals surface area contributed by atoms with Crippen LogP contribution in [0.25, 0.3) is 11.0 Å². The standard InChI is InChI=1S/C24H32O5/c1-16(2)9-8-10-17(3)13-14-27-22-21(26-7)19-12-11-18(29-24(4,5)6)15-20(19)28-23(22)25/h9,11-13,15H,8,10,14H2,1-7H3. The molecule has 0 aliphatic carbocycles. The Balaban J connectivity index is 2.23. The van der Waals surface area contributed by atoms with Gasteiger partial charge in [0.1, 0.15) is 23.5 Å². The van der Waals surface area contributed by atoms with Crippen molar-refractivity contribution in [1.29, 1.82) is 0 Å². The monoisotopic (exact) mass is 400 g/mol. The fourth-order valence-electron chi connectivity index (χ4n) is 2.84. The Kier molecular flexibility index (Phi) is 7.54. The van der Waals surface area contributed by atoms with Crippen molar-refractivity contribution in [1.82, 2.24) is 0 Å². The number of allylic oxidation sites excluding steroid dienone is 3. The third-order valence-corrected chi connectivity index (χ3v) is 4.17. The molecule has 1 aromatic carbocycles. The molecule has 0 saturated heterocycles. The van der Waals surface area contributed by atoms with E-state index < -0.39 is 5.63 Å². The summed E-state index contributed by atoms with van der Waals surface area (Å²) in [7, 11) is 1.52. The maximum Gasteiger partial charge on any atom is 0.383 e. The van der Waals surface area contributed by atoms with E-state index in [1.807, 2.05) is 39.0 Å². The molecular weight excluding hydrogens is 368 g/mol. The van der Waals surface area contributed by atoms with Gasteiger partial charge < -0.3 is 18.6 Å². The molecule has 29 heavy (non-hydrogen) atoms. The van der Waals surface area contributed by atoms with Crippen LogP contribution in [0.2, 0.25) is 0 Å².